The maximum atomic E-state index is 11.8. The molecule has 0 fully saturated rings. The van der Waals surface area contributed by atoms with E-state index in [0.29, 0.717) is 11.3 Å². The number of carbonyl (C=O) groups is 2. The Balaban J connectivity index is 2.20. The standard InChI is InChI=1S/C13H11N3O2/c1-9-7-10(8-17)3-4-11(9)16-13(18)12-14-5-2-6-15-12/h2-8H,1H3,(H,16,18). The Morgan fingerprint density at radius 2 is 2.00 bits per heavy atom. The zero-order chi connectivity index (χ0) is 13.0. The molecule has 1 aromatic carbocycles. The maximum Gasteiger partial charge on any atom is 0.293 e. The number of benzene rings is 1. The van der Waals surface area contributed by atoms with Gasteiger partial charge in [-0.1, -0.05) is 0 Å². The van der Waals surface area contributed by atoms with Gasteiger partial charge in [-0.25, -0.2) is 9.97 Å². The molecule has 90 valence electrons. The second-order valence-electron chi connectivity index (χ2n) is 3.72. The SMILES string of the molecule is Cc1cc(C=O)ccc1NC(=O)c1ncccn1. The van der Waals surface area contributed by atoms with Crippen LogP contribution < -0.4 is 5.32 Å². The molecule has 0 radical (unpaired) electrons. The van der Waals surface area contributed by atoms with E-state index in [4.69, 9.17) is 0 Å². The number of anilines is 1. The van der Waals surface area contributed by atoms with Gasteiger partial charge in [0.2, 0.25) is 5.82 Å². The van der Waals surface area contributed by atoms with Crippen LogP contribution in [0.15, 0.2) is 36.7 Å². The second-order valence-corrected chi connectivity index (χ2v) is 3.72. The molecule has 0 saturated carbocycles. The Bertz CT molecular complexity index is 582. The highest BCUT2D eigenvalue weighted by molar-refractivity contribution is 6.02. The minimum absolute atomic E-state index is 0.108. The molecule has 5 nitrogen and oxygen atoms in total. The summed E-state index contributed by atoms with van der Waals surface area (Å²) in [4.78, 5) is 30.1. The van der Waals surface area contributed by atoms with Crippen LogP contribution in [0, 0.1) is 6.92 Å². The Labute approximate surface area is 104 Å². The van der Waals surface area contributed by atoms with Crippen molar-refractivity contribution < 1.29 is 9.59 Å². The molecule has 18 heavy (non-hydrogen) atoms. The van der Waals surface area contributed by atoms with Crippen molar-refractivity contribution in [2.24, 2.45) is 0 Å². The Kier molecular flexibility index (Phi) is 3.43. The number of nitrogens with zero attached hydrogens (tertiary/aromatic N) is 2. The predicted octanol–water partition coefficient (Wildman–Crippen LogP) is 1.85. The lowest BCUT2D eigenvalue weighted by Gasteiger charge is -2.07. The molecule has 0 saturated heterocycles. The van der Waals surface area contributed by atoms with Crippen LogP contribution >= 0.6 is 0 Å². The van der Waals surface area contributed by atoms with Crippen LogP contribution in [0.2, 0.25) is 0 Å². The van der Waals surface area contributed by atoms with E-state index < -0.39 is 0 Å². The average molecular weight is 241 g/mol. The zero-order valence-electron chi connectivity index (χ0n) is 9.75. The number of aromatic nitrogens is 2. The van der Waals surface area contributed by atoms with Crippen LogP contribution in [0.25, 0.3) is 0 Å². The lowest BCUT2D eigenvalue weighted by atomic mass is 10.1. The molecule has 0 aliphatic carbocycles. The van der Waals surface area contributed by atoms with Crippen LogP contribution in [-0.4, -0.2) is 22.2 Å². The van der Waals surface area contributed by atoms with E-state index in [1.54, 1.807) is 24.3 Å². The van der Waals surface area contributed by atoms with Crippen molar-refractivity contribution in [2.75, 3.05) is 5.32 Å². The van der Waals surface area contributed by atoms with E-state index in [0.717, 1.165) is 11.8 Å². The first kappa shape index (κ1) is 11.9. The first-order valence-electron chi connectivity index (χ1n) is 5.35. The molecule has 1 heterocycles. The van der Waals surface area contributed by atoms with Crippen LogP contribution in [-0.2, 0) is 0 Å². The summed E-state index contributed by atoms with van der Waals surface area (Å²) in [5.41, 5.74) is 2.02. The van der Waals surface area contributed by atoms with E-state index in [2.05, 4.69) is 15.3 Å². The molecule has 5 heteroatoms. The van der Waals surface area contributed by atoms with E-state index in [9.17, 15) is 9.59 Å². The zero-order valence-corrected chi connectivity index (χ0v) is 9.75. The minimum atomic E-state index is -0.377. The fourth-order valence-corrected chi connectivity index (χ4v) is 1.49. The first-order valence-corrected chi connectivity index (χ1v) is 5.35. The molecule has 0 aliphatic rings. The van der Waals surface area contributed by atoms with Crippen molar-refractivity contribution in [3.05, 3.63) is 53.6 Å². The van der Waals surface area contributed by atoms with Crippen LogP contribution in [0.3, 0.4) is 0 Å². The molecular weight excluding hydrogens is 230 g/mol. The number of amides is 1. The van der Waals surface area contributed by atoms with Gasteiger partial charge in [-0.3, -0.25) is 9.59 Å². The molecule has 0 atom stereocenters. The van der Waals surface area contributed by atoms with Crippen LogP contribution in [0.5, 0.6) is 0 Å². The maximum absolute atomic E-state index is 11.8. The van der Waals surface area contributed by atoms with Gasteiger partial charge < -0.3 is 5.32 Å². The van der Waals surface area contributed by atoms with Crippen molar-refractivity contribution in [2.45, 2.75) is 6.92 Å². The normalized spacial score (nSPS) is 9.83. The molecule has 2 rings (SSSR count). The highest BCUT2D eigenvalue weighted by atomic mass is 16.2. The largest absolute Gasteiger partial charge is 0.319 e. The molecule has 0 unspecified atom stereocenters. The first-order chi connectivity index (χ1) is 8.70. The number of hydrogen-bond acceptors (Lipinski definition) is 4. The summed E-state index contributed by atoms with van der Waals surface area (Å²) >= 11 is 0. The molecule has 0 aliphatic heterocycles. The van der Waals surface area contributed by atoms with E-state index >= 15 is 0 Å². The summed E-state index contributed by atoms with van der Waals surface area (Å²) < 4.78 is 0. The van der Waals surface area contributed by atoms with Gasteiger partial charge in [-0.05, 0) is 36.8 Å². The molecular formula is C13H11N3O2. The van der Waals surface area contributed by atoms with E-state index in [1.807, 2.05) is 6.92 Å². The topological polar surface area (TPSA) is 72.0 Å². The Morgan fingerprint density at radius 1 is 1.28 bits per heavy atom. The van der Waals surface area contributed by atoms with Crippen molar-refractivity contribution in [1.82, 2.24) is 9.97 Å². The minimum Gasteiger partial charge on any atom is -0.319 e. The third kappa shape index (κ3) is 2.57. The van der Waals surface area contributed by atoms with Crippen molar-refractivity contribution in [3.63, 3.8) is 0 Å². The highest BCUT2D eigenvalue weighted by Gasteiger charge is 2.09. The van der Waals surface area contributed by atoms with E-state index in [1.165, 1.54) is 12.4 Å². The summed E-state index contributed by atoms with van der Waals surface area (Å²) in [7, 11) is 0. The van der Waals surface area contributed by atoms with Gasteiger partial charge in [0, 0.05) is 23.6 Å². The molecule has 0 spiro atoms. The van der Waals surface area contributed by atoms with Crippen LogP contribution in [0.4, 0.5) is 5.69 Å². The molecule has 0 bridgehead atoms. The van der Waals surface area contributed by atoms with Crippen molar-refractivity contribution >= 4 is 17.9 Å². The summed E-state index contributed by atoms with van der Waals surface area (Å²) in [6, 6.07) is 6.66. The Hall–Kier alpha value is -2.56. The third-order valence-electron chi connectivity index (χ3n) is 2.40. The molecule has 1 aromatic heterocycles. The smallest absolute Gasteiger partial charge is 0.293 e. The quantitative estimate of drug-likeness (QED) is 0.832. The average Bonchev–Trinajstić information content (AvgIpc) is 2.42. The van der Waals surface area contributed by atoms with Gasteiger partial charge in [0.15, 0.2) is 0 Å². The van der Waals surface area contributed by atoms with Gasteiger partial charge in [-0.15, -0.1) is 0 Å². The second kappa shape index (κ2) is 5.18. The molecule has 2 aromatic rings. The van der Waals surface area contributed by atoms with Gasteiger partial charge in [-0.2, -0.15) is 0 Å². The summed E-state index contributed by atoms with van der Waals surface area (Å²) in [6.07, 6.45) is 3.77. The van der Waals surface area contributed by atoms with Gasteiger partial charge in [0.1, 0.15) is 6.29 Å². The lowest BCUT2D eigenvalue weighted by Crippen LogP contribution is -2.15. The third-order valence-corrected chi connectivity index (χ3v) is 2.40. The predicted molar refractivity (Wildman–Crippen MR) is 66.6 cm³/mol. The highest BCUT2D eigenvalue weighted by Crippen LogP contribution is 2.16. The Morgan fingerprint density at radius 3 is 2.61 bits per heavy atom. The van der Waals surface area contributed by atoms with Gasteiger partial charge in [0.25, 0.3) is 5.91 Å². The summed E-state index contributed by atoms with van der Waals surface area (Å²) in [6.45, 7) is 1.81. The number of aryl methyl sites for hydroxylation is 1. The fourth-order valence-electron chi connectivity index (χ4n) is 1.49. The molecule has 1 N–H and O–H groups in total. The number of hydrogen-bond donors (Lipinski definition) is 1. The number of rotatable bonds is 3. The number of nitrogens with one attached hydrogen (secondary N) is 1. The van der Waals surface area contributed by atoms with Gasteiger partial charge >= 0.3 is 0 Å². The monoisotopic (exact) mass is 241 g/mol. The van der Waals surface area contributed by atoms with Gasteiger partial charge in [0.05, 0.1) is 0 Å². The van der Waals surface area contributed by atoms with E-state index in [-0.39, 0.29) is 11.7 Å². The van der Waals surface area contributed by atoms with Crippen molar-refractivity contribution in [1.29, 1.82) is 0 Å². The number of aldehydes is 1. The fraction of sp³-hybridized carbons (Fsp3) is 0.0769. The summed E-state index contributed by atoms with van der Waals surface area (Å²) in [5, 5.41) is 2.70. The number of carbonyl (C=O) groups excluding carboxylic acids is 2. The van der Waals surface area contributed by atoms with Crippen molar-refractivity contribution in [3.8, 4) is 0 Å². The summed E-state index contributed by atoms with van der Waals surface area (Å²) in [5.74, 6) is -0.270. The van der Waals surface area contributed by atoms with Crippen LogP contribution in [0.1, 0.15) is 26.5 Å². The molecule has 1 amide bonds. The lowest BCUT2D eigenvalue weighted by molar-refractivity contribution is 0.101.